The highest BCUT2D eigenvalue weighted by atomic mass is 32.1. The number of thiazole rings is 1. The van der Waals surface area contributed by atoms with Gasteiger partial charge in [0.15, 0.2) is 5.13 Å². The van der Waals surface area contributed by atoms with Gasteiger partial charge in [0.1, 0.15) is 28.2 Å². The van der Waals surface area contributed by atoms with Gasteiger partial charge in [-0.1, -0.05) is 56.7 Å². The third-order valence-electron chi connectivity index (χ3n) is 6.26. The van der Waals surface area contributed by atoms with Gasteiger partial charge in [0.2, 0.25) is 0 Å². The lowest BCUT2D eigenvalue weighted by Crippen LogP contribution is -2.29. The number of aromatic nitrogens is 1. The highest BCUT2D eigenvalue weighted by molar-refractivity contribution is 7.17. The van der Waals surface area contributed by atoms with E-state index >= 15 is 4.39 Å². The molecule has 210 valence electrons. The van der Waals surface area contributed by atoms with Crippen molar-refractivity contribution in [2.45, 2.75) is 46.6 Å². The molecule has 40 heavy (non-hydrogen) atoms. The zero-order valence-electron chi connectivity index (χ0n) is 22.8. The number of nitrogens with zero attached hydrogens (tertiary/aromatic N) is 2. The molecule has 1 aliphatic heterocycles. The second-order valence-corrected chi connectivity index (χ2v) is 10.8. The van der Waals surface area contributed by atoms with Gasteiger partial charge >= 0.3 is 11.9 Å². The van der Waals surface area contributed by atoms with Crippen LogP contribution in [0.5, 0.6) is 5.75 Å². The average Bonchev–Trinajstić information content (AvgIpc) is 3.44. The Balaban J connectivity index is 1.79. The van der Waals surface area contributed by atoms with Crippen molar-refractivity contribution >= 4 is 39.9 Å². The van der Waals surface area contributed by atoms with Gasteiger partial charge in [-0.2, -0.15) is 0 Å². The van der Waals surface area contributed by atoms with Crippen molar-refractivity contribution in [3.05, 3.63) is 81.6 Å². The molecule has 1 atom stereocenters. The van der Waals surface area contributed by atoms with Crippen molar-refractivity contribution in [3.8, 4) is 5.75 Å². The molecule has 1 N–H and O–H groups in total. The number of rotatable bonds is 10. The summed E-state index contributed by atoms with van der Waals surface area (Å²) in [5, 5.41) is 11.3. The van der Waals surface area contributed by atoms with Crippen molar-refractivity contribution in [1.82, 2.24) is 4.98 Å². The van der Waals surface area contributed by atoms with Crippen molar-refractivity contribution in [3.63, 3.8) is 0 Å². The van der Waals surface area contributed by atoms with Gasteiger partial charge in [-0.15, -0.1) is 0 Å². The number of unbranched alkanes of at least 4 members (excludes halogenated alkanes) is 1. The predicted molar refractivity (Wildman–Crippen MR) is 150 cm³/mol. The van der Waals surface area contributed by atoms with Gasteiger partial charge in [-0.05, 0) is 49.6 Å². The van der Waals surface area contributed by atoms with Gasteiger partial charge < -0.3 is 14.6 Å². The minimum atomic E-state index is -1.31. The van der Waals surface area contributed by atoms with E-state index < -0.39 is 35.3 Å². The maximum Gasteiger partial charge on any atom is 0.350 e. The Morgan fingerprint density at radius 1 is 1.15 bits per heavy atom. The molecule has 0 radical (unpaired) electrons. The Labute approximate surface area is 236 Å². The second kappa shape index (κ2) is 12.4. The number of Topliss-reactive ketones (excluding diaryl/α,β-unsaturated/α-hetero) is 1. The topological polar surface area (TPSA) is 106 Å². The summed E-state index contributed by atoms with van der Waals surface area (Å²) in [7, 11) is 0. The fourth-order valence-corrected chi connectivity index (χ4v) is 5.19. The third-order valence-corrected chi connectivity index (χ3v) is 7.40. The van der Waals surface area contributed by atoms with Crippen LogP contribution in [0.25, 0.3) is 5.76 Å². The number of esters is 1. The SMILES string of the molecule is CCCCOc1ccc(/C(O)=C2\C(=O)C(=O)N(c3nc(C)c(C(=O)OCC(C)C)s3)C2c2ccccc2F)cc1. The highest BCUT2D eigenvalue weighted by Crippen LogP contribution is 2.44. The lowest BCUT2D eigenvalue weighted by Gasteiger charge is -2.23. The maximum absolute atomic E-state index is 15.2. The number of carbonyl (C=O) groups is 3. The van der Waals surface area contributed by atoms with Crippen LogP contribution in [0.15, 0.2) is 54.1 Å². The van der Waals surface area contributed by atoms with Crippen LogP contribution in [0.3, 0.4) is 0 Å². The van der Waals surface area contributed by atoms with Gasteiger partial charge in [0.05, 0.1) is 24.5 Å². The van der Waals surface area contributed by atoms with Crippen LogP contribution in [0.2, 0.25) is 0 Å². The van der Waals surface area contributed by atoms with E-state index in [2.05, 4.69) is 11.9 Å². The number of benzene rings is 2. The third kappa shape index (κ3) is 5.91. The monoisotopic (exact) mass is 566 g/mol. The van der Waals surface area contributed by atoms with Crippen LogP contribution in [0, 0.1) is 18.7 Å². The summed E-state index contributed by atoms with van der Waals surface area (Å²) in [6.07, 6.45) is 1.87. The number of halogens is 1. The predicted octanol–water partition coefficient (Wildman–Crippen LogP) is 6.21. The molecule has 10 heteroatoms. The molecule has 2 aromatic carbocycles. The molecule has 1 unspecified atom stereocenters. The Morgan fingerprint density at radius 3 is 2.50 bits per heavy atom. The summed E-state index contributed by atoms with van der Waals surface area (Å²) >= 11 is 0.872. The smallest absolute Gasteiger partial charge is 0.350 e. The fraction of sp³-hybridized carbons (Fsp3) is 0.333. The van der Waals surface area contributed by atoms with E-state index in [-0.39, 0.29) is 39.2 Å². The molecular weight excluding hydrogens is 535 g/mol. The Bertz CT molecular complexity index is 1450. The number of aliphatic hydroxyl groups excluding tert-OH is 1. The second-order valence-electron chi connectivity index (χ2n) is 9.82. The van der Waals surface area contributed by atoms with Crippen molar-refractivity contribution < 1.29 is 33.4 Å². The number of ether oxygens (including phenoxy) is 2. The first kappa shape index (κ1) is 28.9. The minimum absolute atomic E-state index is 0.000411. The number of amides is 1. The van der Waals surface area contributed by atoms with E-state index in [4.69, 9.17) is 9.47 Å². The number of carbonyl (C=O) groups excluding carboxylic acids is 3. The molecule has 2 heterocycles. The summed E-state index contributed by atoms with van der Waals surface area (Å²) in [5.74, 6) is -3.01. The average molecular weight is 567 g/mol. The van der Waals surface area contributed by atoms with Crippen LogP contribution in [-0.2, 0) is 14.3 Å². The zero-order valence-corrected chi connectivity index (χ0v) is 23.6. The normalized spacial score (nSPS) is 16.6. The van der Waals surface area contributed by atoms with Gasteiger partial charge in [0, 0.05) is 11.1 Å². The molecule has 1 amide bonds. The van der Waals surface area contributed by atoms with E-state index in [0.717, 1.165) is 29.1 Å². The van der Waals surface area contributed by atoms with Crippen LogP contribution in [0.4, 0.5) is 9.52 Å². The van der Waals surface area contributed by atoms with E-state index in [9.17, 15) is 19.5 Å². The Hall–Kier alpha value is -4.05. The lowest BCUT2D eigenvalue weighted by atomic mass is 9.95. The lowest BCUT2D eigenvalue weighted by molar-refractivity contribution is -0.132. The van der Waals surface area contributed by atoms with Crippen molar-refractivity contribution in [1.29, 1.82) is 0 Å². The molecule has 0 bridgehead atoms. The number of hydrogen-bond donors (Lipinski definition) is 1. The molecule has 1 fully saturated rings. The summed E-state index contributed by atoms with van der Waals surface area (Å²) < 4.78 is 26.1. The summed E-state index contributed by atoms with van der Waals surface area (Å²) in [4.78, 5) is 45.0. The Kier molecular flexibility index (Phi) is 8.99. The fourth-order valence-electron chi connectivity index (χ4n) is 4.20. The summed E-state index contributed by atoms with van der Waals surface area (Å²) in [5.41, 5.74) is 0.281. The molecule has 3 aromatic rings. The first-order valence-corrected chi connectivity index (χ1v) is 13.9. The molecule has 0 spiro atoms. The molecule has 0 aliphatic carbocycles. The molecule has 1 saturated heterocycles. The first-order chi connectivity index (χ1) is 19.1. The van der Waals surface area contributed by atoms with E-state index in [1.165, 1.54) is 18.2 Å². The summed E-state index contributed by atoms with van der Waals surface area (Å²) in [6, 6.07) is 10.8. The summed E-state index contributed by atoms with van der Waals surface area (Å²) in [6.45, 7) is 8.19. The van der Waals surface area contributed by atoms with Crippen LogP contribution >= 0.6 is 11.3 Å². The number of aliphatic hydroxyl groups is 1. The largest absolute Gasteiger partial charge is 0.507 e. The number of anilines is 1. The van der Waals surface area contributed by atoms with Crippen molar-refractivity contribution in [2.75, 3.05) is 18.1 Å². The molecule has 1 aliphatic rings. The van der Waals surface area contributed by atoms with Gasteiger partial charge in [0.25, 0.3) is 5.78 Å². The molecule has 4 rings (SSSR count). The standard InChI is InChI=1S/C30H31FN2O6S/c1-5-6-15-38-20-13-11-19(12-14-20)25(34)23-24(21-9-7-8-10-22(21)31)33(28(36)26(23)35)30-32-18(4)27(40-30)29(37)39-16-17(2)3/h7-14,17,24,34H,5-6,15-16H2,1-4H3/b25-23+. The molecule has 0 saturated carbocycles. The highest BCUT2D eigenvalue weighted by Gasteiger charge is 2.49. The van der Waals surface area contributed by atoms with Gasteiger partial charge in [-0.3, -0.25) is 14.5 Å². The van der Waals surface area contributed by atoms with E-state index in [1.807, 2.05) is 13.8 Å². The minimum Gasteiger partial charge on any atom is -0.507 e. The van der Waals surface area contributed by atoms with Gasteiger partial charge in [-0.25, -0.2) is 14.2 Å². The van der Waals surface area contributed by atoms with Crippen LogP contribution < -0.4 is 9.64 Å². The van der Waals surface area contributed by atoms with E-state index in [1.54, 1.807) is 37.3 Å². The quantitative estimate of drug-likeness (QED) is 0.102. The van der Waals surface area contributed by atoms with Crippen LogP contribution in [0.1, 0.15) is 66.1 Å². The molecule has 8 nitrogen and oxygen atoms in total. The molecule has 1 aromatic heterocycles. The first-order valence-electron chi connectivity index (χ1n) is 13.1. The van der Waals surface area contributed by atoms with E-state index in [0.29, 0.717) is 18.1 Å². The van der Waals surface area contributed by atoms with Crippen molar-refractivity contribution in [2.24, 2.45) is 5.92 Å². The Morgan fingerprint density at radius 2 is 1.85 bits per heavy atom. The number of hydrogen-bond acceptors (Lipinski definition) is 8. The zero-order chi connectivity index (χ0) is 29.0. The molecular formula is C30H31FN2O6S. The maximum atomic E-state index is 15.2. The number of aryl methyl sites for hydroxylation is 1. The number of ketones is 1. The van der Waals surface area contributed by atoms with Crippen LogP contribution in [-0.4, -0.2) is 41.0 Å².